The van der Waals surface area contributed by atoms with Gasteiger partial charge in [-0.3, -0.25) is 4.79 Å². The van der Waals surface area contributed by atoms with E-state index in [0.29, 0.717) is 32.9 Å². The topological polar surface area (TPSA) is 98.9 Å². The lowest BCUT2D eigenvalue weighted by molar-refractivity contribution is -0.128. The van der Waals surface area contributed by atoms with Crippen LogP contribution in [0.25, 0.3) is 0 Å². The van der Waals surface area contributed by atoms with E-state index in [1.807, 2.05) is 0 Å². The average molecular weight is 304 g/mol. The molecule has 1 fully saturated rings. The summed E-state index contributed by atoms with van der Waals surface area (Å²) in [6.07, 6.45) is 5.24. The maximum absolute atomic E-state index is 11.7. The lowest BCUT2D eigenvalue weighted by atomic mass is 10.1. The van der Waals surface area contributed by atoms with Crippen molar-refractivity contribution in [2.24, 2.45) is 11.1 Å². The molecule has 7 nitrogen and oxygen atoms in total. The highest BCUT2D eigenvalue weighted by molar-refractivity contribution is 7.89. The Morgan fingerprint density at radius 2 is 2.05 bits per heavy atom. The van der Waals surface area contributed by atoms with Crippen LogP contribution < -0.4 is 5.14 Å². The largest absolute Gasteiger partial charge is 0.377 e. The summed E-state index contributed by atoms with van der Waals surface area (Å²) in [5.74, 6) is 1.90. The van der Waals surface area contributed by atoms with Crippen LogP contribution in [-0.2, 0) is 24.3 Å². The predicted octanol–water partition coefficient (Wildman–Crippen LogP) is -1.21. The molecule has 1 atom stereocenters. The summed E-state index contributed by atoms with van der Waals surface area (Å²) in [5.41, 5.74) is 0. The number of likely N-dealkylation sites (tertiary alicyclic amines) is 1. The number of nitrogens with two attached hydrogens (primary N) is 1. The van der Waals surface area contributed by atoms with Crippen LogP contribution in [0.3, 0.4) is 0 Å². The maximum Gasteiger partial charge on any atom is 0.223 e. The molecule has 1 heterocycles. The molecule has 0 bridgehead atoms. The number of terminal acetylenes is 1. The van der Waals surface area contributed by atoms with Gasteiger partial charge in [0.1, 0.15) is 6.61 Å². The molecule has 0 radical (unpaired) electrons. The summed E-state index contributed by atoms with van der Waals surface area (Å²) in [6.45, 7) is 2.30. The molecule has 1 saturated heterocycles. The standard InChI is InChI=1S/C12H20N2O5S/c1-2-4-18-6-7-19-5-3-14-9-11(8-12(14)15)10-20(13,16)17/h1,11H,3-10H2,(H2,13,16,17). The second-order valence-corrected chi connectivity index (χ2v) is 6.27. The van der Waals surface area contributed by atoms with E-state index in [0.717, 1.165) is 0 Å². The van der Waals surface area contributed by atoms with Crippen molar-refractivity contribution in [1.29, 1.82) is 0 Å². The normalized spacial score (nSPS) is 19.3. The molecule has 8 heteroatoms. The first-order valence-electron chi connectivity index (χ1n) is 6.29. The molecule has 0 aromatic carbocycles. The van der Waals surface area contributed by atoms with Gasteiger partial charge in [-0.25, -0.2) is 13.6 Å². The van der Waals surface area contributed by atoms with Crippen molar-refractivity contribution in [3.05, 3.63) is 0 Å². The average Bonchev–Trinajstić information content (AvgIpc) is 2.66. The summed E-state index contributed by atoms with van der Waals surface area (Å²) in [5, 5.41) is 4.98. The molecular formula is C12H20N2O5S. The molecule has 1 rings (SSSR count). The number of hydrogen-bond acceptors (Lipinski definition) is 5. The third kappa shape index (κ3) is 6.86. The lowest BCUT2D eigenvalue weighted by Crippen LogP contribution is -2.30. The van der Waals surface area contributed by atoms with E-state index in [2.05, 4.69) is 5.92 Å². The number of carbonyl (C=O) groups is 1. The minimum Gasteiger partial charge on any atom is -0.377 e. The Bertz CT molecular complexity index is 457. The minimum absolute atomic E-state index is 0.0640. The number of carbonyl (C=O) groups excluding carboxylic acids is 1. The molecule has 1 aliphatic heterocycles. The van der Waals surface area contributed by atoms with Crippen molar-refractivity contribution in [3.63, 3.8) is 0 Å². The van der Waals surface area contributed by atoms with Gasteiger partial charge in [0.2, 0.25) is 15.9 Å². The van der Waals surface area contributed by atoms with E-state index < -0.39 is 10.0 Å². The van der Waals surface area contributed by atoms with Gasteiger partial charge < -0.3 is 14.4 Å². The van der Waals surface area contributed by atoms with Crippen LogP contribution in [0.5, 0.6) is 0 Å². The van der Waals surface area contributed by atoms with E-state index in [4.69, 9.17) is 21.0 Å². The molecule has 0 aliphatic carbocycles. The van der Waals surface area contributed by atoms with Crippen molar-refractivity contribution in [3.8, 4) is 12.3 Å². The molecular weight excluding hydrogens is 284 g/mol. The first-order chi connectivity index (χ1) is 9.42. The lowest BCUT2D eigenvalue weighted by Gasteiger charge is -2.16. The van der Waals surface area contributed by atoms with Gasteiger partial charge in [-0.1, -0.05) is 5.92 Å². The van der Waals surface area contributed by atoms with Gasteiger partial charge in [-0.15, -0.1) is 6.42 Å². The fourth-order valence-electron chi connectivity index (χ4n) is 2.04. The summed E-state index contributed by atoms with van der Waals surface area (Å²) in [6, 6.07) is 0. The van der Waals surface area contributed by atoms with Crippen LogP contribution in [0.15, 0.2) is 0 Å². The summed E-state index contributed by atoms with van der Waals surface area (Å²) >= 11 is 0. The SMILES string of the molecule is C#CCOCCOCCN1CC(CS(N)(=O)=O)CC1=O. The van der Waals surface area contributed by atoms with Gasteiger partial charge in [-0.2, -0.15) is 0 Å². The van der Waals surface area contributed by atoms with Crippen LogP contribution in [0, 0.1) is 18.3 Å². The zero-order valence-electron chi connectivity index (χ0n) is 11.3. The molecule has 2 N–H and O–H groups in total. The Morgan fingerprint density at radius 3 is 2.70 bits per heavy atom. The summed E-state index contributed by atoms with van der Waals surface area (Å²) < 4.78 is 32.3. The fraction of sp³-hybridized carbons (Fsp3) is 0.750. The van der Waals surface area contributed by atoms with Gasteiger partial charge in [0.05, 0.1) is 25.6 Å². The highest BCUT2D eigenvalue weighted by Gasteiger charge is 2.31. The van der Waals surface area contributed by atoms with Gasteiger partial charge in [0, 0.05) is 25.4 Å². The van der Waals surface area contributed by atoms with E-state index in [1.54, 1.807) is 4.90 Å². The minimum atomic E-state index is -3.54. The first kappa shape index (κ1) is 16.9. The molecule has 0 aromatic heterocycles. The van der Waals surface area contributed by atoms with Crippen LogP contribution in [-0.4, -0.2) is 64.5 Å². The van der Waals surface area contributed by atoms with Gasteiger partial charge in [-0.05, 0) is 0 Å². The Labute approximate surface area is 119 Å². The molecule has 1 aliphatic rings. The third-order valence-corrected chi connectivity index (χ3v) is 3.76. The predicted molar refractivity (Wildman–Crippen MR) is 73.1 cm³/mol. The maximum atomic E-state index is 11.7. The van der Waals surface area contributed by atoms with Gasteiger partial charge >= 0.3 is 0 Å². The van der Waals surface area contributed by atoms with Crippen molar-refractivity contribution in [2.75, 3.05) is 45.3 Å². The zero-order valence-corrected chi connectivity index (χ0v) is 12.1. The van der Waals surface area contributed by atoms with Crippen molar-refractivity contribution in [1.82, 2.24) is 4.90 Å². The Hall–Kier alpha value is -1.14. The highest BCUT2D eigenvalue weighted by Crippen LogP contribution is 2.18. The third-order valence-electron chi connectivity index (χ3n) is 2.83. The Kier molecular flexibility index (Phi) is 6.95. The molecule has 20 heavy (non-hydrogen) atoms. The molecule has 0 spiro atoms. The number of sulfonamides is 1. The van der Waals surface area contributed by atoms with Gasteiger partial charge in [0.25, 0.3) is 0 Å². The summed E-state index contributed by atoms with van der Waals surface area (Å²) in [7, 11) is -3.54. The van der Waals surface area contributed by atoms with Crippen LogP contribution in [0.4, 0.5) is 0 Å². The number of rotatable bonds is 9. The molecule has 0 saturated carbocycles. The number of hydrogen-bond donors (Lipinski definition) is 1. The zero-order chi connectivity index (χ0) is 15.0. The fourth-order valence-corrected chi connectivity index (χ4v) is 2.92. The molecule has 0 aromatic rings. The van der Waals surface area contributed by atoms with E-state index in [9.17, 15) is 13.2 Å². The first-order valence-corrected chi connectivity index (χ1v) is 8.01. The number of ether oxygens (including phenoxy) is 2. The Balaban J connectivity index is 2.15. The van der Waals surface area contributed by atoms with E-state index in [1.165, 1.54) is 0 Å². The van der Waals surface area contributed by atoms with Crippen molar-refractivity contribution in [2.45, 2.75) is 6.42 Å². The highest BCUT2D eigenvalue weighted by atomic mass is 32.2. The second kappa shape index (κ2) is 8.21. The van der Waals surface area contributed by atoms with E-state index >= 15 is 0 Å². The molecule has 1 unspecified atom stereocenters. The molecule has 1 amide bonds. The Morgan fingerprint density at radius 1 is 1.35 bits per heavy atom. The van der Waals surface area contributed by atoms with Crippen molar-refractivity contribution < 1.29 is 22.7 Å². The monoisotopic (exact) mass is 304 g/mol. The smallest absolute Gasteiger partial charge is 0.223 e. The van der Waals surface area contributed by atoms with Crippen LogP contribution in [0.2, 0.25) is 0 Å². The number of amides is 1. The summed E-state index contributed by atoms with van der Waals surface area (Å²) in [4.78, 5) is 13.3. The number of nitrogens with zero attached hydrogens (tertiary/aromatic N) is 1. The quantitative estimate of drug-likeness (QED) is 0.426. The second-order valence-electron chi connectivity index (χ2n) is 4.61. The number of primary sulfonamides is 1. The van der Waals surface area contributed by atoms with Crippen LogP contribution in [0.1, 0.15) is 6.42 Å². The molecule has 114 valence electrons. The van der Waals surface area contributed by atoms with Crippen LogP contribution >= 0.6 is 0 Å². The van der Waals surface area contributed by atoms with Crippen molar-refractivity contribution >= 4 is 15.9 Å². The van der Waals surface area contributed by atoms with E-state index in [-0.39, 0.29) is 30.6 Å². The van der Waals surface area contributed by atoms with Gasteiger partial charge in [0.15, 0.2) is 0 Å².